The van der Waals surface area contributed by atoms with Crippen molar-refractivity contribution in [2.45, 2.75) is 32.8 Å². The SMILES string of the molecule is CCN1CCOC(c2nc(Cl)c(C(C)C)c(Cl)n2)C1. The Balaban J connectivity index is 2.26. The van der Waals surface area contributed by atoms with E-state index in [4.69, 9.17) is 27.9 Å². The Kier molecular flexibility index (Phi) is 5.01. The quantitative estimate of drug-likeness (QED) is 0.803. The standard InChI is InChI=1S/C13H19Cl2N3O/c1-4-18-5-6-19-9(7-18)13-16-11(14)10(8(2)3)12(15)17-13/h8-9H,4-7H2,1-3H3. The fourth-order valence-corrected chi connectivity index (χ4v) is 3.04. The molecule has 1 unspecified atom stereocenters. The van der Waals surface area contributed by atoms with E-state index in [-0.39, 0.29) is 12.0 Å². The van der Waals surface area contributed by atoms with Crippen molar-refractivity contribution in [1.29, 1.82) is 0 Å². The lowest BCUT2D eigenvalue weighted by atomic mass is 10.1. The molecule has 0 spiro atoms. The third kappa shape index (κ3) is 3.37. The zero-order valence-electron chi connectivity index (χ0n) is 11.5. The van der Waals surface area contributed by atoms with Gasteiger partial charge in [0, 0.05) is 18.7 Å². The molecule has 1 atom stereocenters. The molecule has 4 nitrogen and oxygen atoms in total. The summed E-state index contributed by atoms with van der Waals surface area (Å²) in [7, 11) is 0. The molecule has 2 heterocycles. The molecule has 0 saturated carbocycles. The highest BCUT2D eigenvalue weighted by molar-refractivity contribution is 6.34. The molecule has 1 aliphatic rings. The van der Waals surface area contributed by atoms with Crippen LogP contribution in [-0.4, -0.2) is 41.1 Å². The molecule has 0 amide bonds. The topological polar surface area (TPSA) is 38.2 Å². The first-order valence-corrected chi connectivity index (χ1v) is 7.35. The van der Waals surface area contributed by atoms with Crippen LogP contribution < -0.4 is 0 Å². The Morgan fingerprint density at radius 2 is 1.95 bits per heavy atom. The van der Waals surface area contributed by atoms with Crippen molar-refractivity contribution in [2.24, 2.45) is 0 Å². The van der Waals surface area contributed by atoms with Gasteiger partial charge in [0.15, 0.2) is 5.82 Å². The summed E-state index contributed by atoms with van der Waals surface area (Å²) in [5.74, 6) is 0.783. The second kappa shape index (κ2) is 6.35. The number of morpholine rings is 1. The van der Waals surface area contributed by atoms with Crippen molar-refractivity contribution in [2.75, 3.05) is 26.2 Å². The van der Waals surface area contributed by atoms with Gasteiger partial charge in [0.1, 0.15) is 16.4 Å². The number of ether oxygens (including phenoxy) is 1. The van der Waals surface area contributed by atoms with E-state index in [0.29, 0.717) is 22.7 Å². The van der Waals surface area contributed by atoms with Crippen LogP contribution >= 0.6 is 23.2 Å². The molecule has 1 aromatic heterocycles. The van der Waals surface area contributed by atoms with E-state index in [0.717, 1.165) is 25.2 Å². The van der Waals surface area contributed by atoms with Gasteiger partial charge in [-0.2, -0.15) is 0 Å². The van der Waals surface area contributed by atoms with E-state index in [2.05, 4.69) is 21.8 Å². The first kappa shape index (κ1) is 15.0. The Bertz CT molecular complexity index is 431. The molecule has 0 aliphatic carbocycles. The summed E-state index contributed by atoms with van der Waals surface area (Å²) < 4.78 is 5.72. The van der Waals surface area contributed by atoms with Gasteiger partial charge >= 0.3 is 0 Å². The minimum Gasteiger partial charge on any atom is -0.368 e. The van der Waals surface area contributed by atoms with Gasteiger partial charge in [-0.1, -0.05) is 44.0 Å². The molecule has 1 saturated heterocycles. The number of likely N-dealkylation sites (N-methyl/N-ethyl adjacent to an activating group) is 1. The fraction of sp³-hybridized carbons (Fsp3) is 0.692. The lowest BCUT2D eigenvalue weighted by Gasteiger charge is -2.31. The van der Waals surface area contributed by atoms with Crippen LogP contribution in [0.5, 0.6) is 0 Å². The molecule has 1 aliphatic heterocycles. The number of rotatable bonds is 3. The summed E-state index contributed by atoms with van der Waals surface area (Å²) in [4.78, 5) is 11.0. The molecular weight excluding hydrogens is 285 g/mol. The smallest absolute Gasteiger partial charge is 0.161 e. The first-order chi connectivity index (χ1) is 9.02. The first-order valence-electron chi connectivity index (χ1n) is 6.59. The van der Waals surface area contributed by atoms with Crippen molar-refractivity contribution in [3.63, 3.8) is 0 Å². The van der Waals surface area contributed by atoms with E-state index in [1.54, 1.807) is 0 Å². The molecule has 0 radical (unpaired) electrons. The number of hydrogen-bond donors (Lipinski definition) is 0. The van der Waals surface area contributed by atoms with Gasteiger partial charge in [-0.05, 0) is 12.5 Å². The lowest BCUT2D eigenvalue weighted by molar-refractivity contribution is -0.0325. The second-order valence-electron chi connectivity index (χ2n) is 4.98. The zero-order chi connectivity index (χ0) is 14.0. The molecule has 2 rings (SSSR count). The van der Waals surface area contributed by atoms with Crippen molar-refractivity contribution in [3.8, 4) is 0 Å². The van der Waals surface area contributed by atoms with Crippen LogP contribution in [-0.2, 0) is 4.74 Å². The predicted octanol–water partition coefficient (Wildman–Crippen LogP) is 3.30. The molecule has 1 fully saturated rings. The summed E-state index contributed by atoms with van der Waals surface area (Å²) >= 11 is 12.4. The Morgan fingerprint density at radius 3 is 2.47 bits per heavy atom. The van der Waals surface area contributed by atoms with Gasteiger partial charge in [-0.3, -0.25) is 4.90 Å². The van der Waals surface area contributed by atoms with E-state index >= 15 is 0 Å². The summed E-state index contributed by atoms with van der Waals surface area (Å²) in [6, 6.07) is 0. The van der Waals surface area contributed by atoms with Crippen LogP contribution in [0.1, 0.15) is 44.2 Å². The van der Waals surface area contributed by atoms with Crippen LogP contribution in [0.4, 0.5) is 0 Å². The highest BCUT2D eigenvalue weighted by Gasteiger charge is 2.25. The van der Waals surface area contributed by atoms with Crippen LogP contribution in [0.3, 0.4) is 0 Å². The number of hydrogen-bond acceptors (Lipinski definition) is 4. The van der Waals surface area contributed by atoms with Gasteiger partial charge in [-0.25, -0.2) is 9.97 Å². The van der Waals surface area contributed by atoms with Crippen LogP contribution in [0.2, 0.25) is 10.3 Å². The highest BCUT2D eigenvalue weighted by atomic mass is 35.5. The van der Waals surface area contributed by atoms with Gasteiger partial charge in [0.05, 0.1) is 6.61 Å². The van der Waals surface area contributed by atoms with E-state index in [9.17, 15) is 0 Å². The average molecular weight is 304 g/mol. The van der Waals surface area contributed by atoms with Crippen LogP contribution in [0.15, 0.2) is 0 Å². The monoisotopic (exact) mass is 303 g/mol. The summed E-state index contributed by atoms with van der Waals surface area (Å²) in [5.41, 5.74) is 0.801. The summed E-state index contributed by atoms with van der Waals surface area (Å²) in [5, 5.41) is 0.865. The predicted molar refractivity (Wildman–Crippen MR) is 76.9 cm³/mol. The Morgan fingerprint density at radius 1 is 1.32 bits per heavy atom. The Labute approximate surface area is 124 Å². The van der Waals surface area contributed by atoms with Gasteiger partial charge in [-0.15, -0.1) is 0 Å². The number of nitrogens with zero attached hydrogens (tertiary/aromatic N) is 3. The maximum absolute atomic E-state index is 6.21. The molecule has 106 valence electrons. The van der Waals surface area contributed by atoms with Crippen molar-refractivity contribution < 1.29 is 4.74 Å². The summed E-state index contributed by atoms with van der Waals surface area (Å²) in [6.07, 6.45) is -0.148. The normalized spacial score (nSPS) is 21.1. The Hall–Kier alpha value is -0.420. The van der Waals surface area contributed by atoms with Crippen LogP contribution in [0.25, 0.3) is 0 Å². The fourth-order valence-electron chi connectivity index (χ4n) is 2.20. The largest absolute Gasteiger partial charge is 0.368 e. The van der Waals surface area contributed by atoms with E-state index in [1.807, 2.05) is 13.8 Å². The lowest BCUT2D eigenvalue weighted by Crippen LogP contribution is -2.38. The summed E-state index contributed by atoms with van der Waals surface area (Å²) in [6.45, 7) is 9.57. The highest BCUT2D eigenvalue weighted by Crippen LogP contribution is 2.31. The molecule has 0 bridgehead atoms. The number of halogens is 2. The van der Waals surface area contributed by atoms with Crippen molar-refractivity contribution in [1.82, 2.24) is 14.9 Å². The third-order valence-electron chi connectivity index (χ3n) is 3.33. The van der Waals surface area contributed by atoms with Gasteiger partial charge in [0.2, 0.25) is 0 Å². The number of aromatic nitrogens is 2. The van der Waals surface area contributed by atoms with Gasteiger partial charge < -0.3 is 4.74 Å². The second-order valence-corrected chi connectivity index (χ2v) is 5.70. The molecule has 19 heavy (non-hydrogen) atoms. The third-order valence-corrected chi connectivity index (χ3v) is 3.91. The molecular formula is C13H19Cl2N3O. The molecule has 6 heteroatoms. The maximum Gasteiger partial charge on any atom is 0.161 e. The minimum absolute atomic E-state index is 0.148. The maximum atomic E-state index is 6.21. The minimum atomic E-state index is -0.148. The van der Waals surface area contributed by atoms with Crippen molar-refractivity contribution >= 4 is 23.2 Å². The molecule has 1 aromatic rings. The van der Waals surface area contributed by atoms with E-state index < -0.39 is 0 Å². The average Bonchev–Trinajstić information content (AvgIpc) is 2.37. The van der Waals surface area contributed by atoms with Crippen molar-refractivity contribution in [3.05, 3.63) is 21.7 Å². The zero-order valence-corrected chi connectivity index (χ0v) is 13.0. The van der Waals surface area contributed by atoms with Crippen LogP contribution in [0, 0.1) is 0 Å². The molecule has 0 aromatic carbocycles. The molecule has 0 N–H and O–H groups in total. The van der Waals surface area contributed by atoms with E-state index in [1.165, 1.54) is 0 Å². The van der Waals surface area contributed by atoms with Gasteiger partial charge in [0.25, 0.3) is 0 Å².